The third kappa shape index (κ3) is 6.67. The Kier molecular flexibility index (Phi) is 8.11. The molecule has 4 rings (SSSR count). The first-order valence-corrected chi connectivity index (χ1v) is 12.2. The molecule has 4 aromatic rings. The van der Waals surface area contributed by atoms with Crippen molar-refractivity contribution in [1.82, 2.24) is 9.97 Å². The maximum atomic E-state index is 12.0. The number of aliphatic hydroxyl groups is 1. The second kappa shape index (κ2) is 11.6. The van der Waals surface area contributed by atoms with Gasteiger partial charge in [0, 0.05) is 39.2 Å². The van der Waals surface area contributed by atoms with Gasteiger partial charge < -0.3 is 15.0 Å². The summed E-state index contributed by atoms with van der Waals surface area (Å²) in [6.07, 6.45) is 7.24. The number of rotatable bonds is 11. The Morgan fingerprint density at radius 2 is 1.69 bits per heavy atom. The van der Waals surface area contributed by atoms with Crippen molar-refractivity contribution in [2.45, 2.75) is 32.1 Å². The fourth-order valence-electron chi connectivity index (χ4n) is 4.08. The lowest BCUT2D eigenvalue weighted by atomic mass is 10.0. The highest BCUT2D eigenvalue weighted by Crippen LogP contribution is 2.26. The standard InChI is InChI=1S/C30H33N3O2/c1-33(2)26-15-12-24(13-16-26)25-14-18-28-29(21-25)32-30(31-28)20-23-9-7-22(8-10-23)11-17-27(35)6-4-3-5-19-34/h7-18,21,34H,3-6,19-20H2,1-2H3,(H,31,32)/b17-11+. The average molecular weight is 468 g/mol. The Morgan fingerprint density at radius 3 is 2.40 bits per heavy atom. The molecule has 0 aliphatic rings. The predicted molar refractivity (Wildman–Crippen MR) is 145 cm³/mol. The van der Waals surface area contributed by atoms with Crippen molar-refractivity contribution in [1.29, 1.82) is 0 Å². The zero-order valence-corrected chi connectivity index (χ0v) is 20.5. The molecule has 35 heavy (non-hydrogen) atoms. The Morgan fingerprint density at radius 1 is 0.943 bits per heavy atom. The summed E-state index contributed by atoms with van der Waals surface area (Å²) in [5.41, 5.74) is 7.69. The zero-order chi connectivity index (χ0) is 24.6. The van der Waals surface area contributed by atoms with E-state index < -0.39 is 0 Å². The van der Waals surface area contributed by atoms with E-state index in [4.69, 9.17) is 10.1 Å². The Bertz CT molecular complexity index is 1290. The Labute approximate surface area is 207 Å². The van der Waals surface area contributed by atoms with Gasteiger partial charge in [0.1, 0.15) is 5.82 Å². The summed E-state index contributed by atoms with van der Waals surface area (Å²) in [6, 6.07) is 23.1. The van der Waals surface area contributed by atoms with Crippen LogP contribution in [0.5, 0.6) is 0 Å². The molecule has 0 saturated heterocycles. The lowest BCUT2D eigenvalue weighted by Crippen LogP contribution is -2.07. The molecule has 0 radical (unpaired) electrons. The first-order valence-electron chi connectivity index (χ1n) is 12.2. The van der Waals surface area contributed by atoms with Crippen LogP contribution in [-0.2, 0) is 11.2 Å². The summed E-state index contributed by atoms with van der Waals surface area (Å²) < 4.78 is 0. The van der Waals surface area contributed by atoms with Crippen LogP contribution in [0.25, 0.3) is 28.2 Å². The second-order valence-electron chi connectivity index (χ2n) is 9.11. The van der Waals surface area contributed by atoms with Crippen LogP contribution in [0.3, 0.4) is 0 Å². The van der Waals surface area contributed by atoms with Crippen molar-refractivity contribution in [2.24, 2.45) is 0 Å². The summed E-state index contributed by atoms with van der Waals surface area (Å²) >= 11 is 0. The van der Waals surface area contributed by atoms with Gasteiger partial charge >= 0.3 is 0 Å². The van der Waals surface area contributed by atoms with Gasteiger partial charge in [-0.2, -0.15) is 0 Å². The molecule has 1 heterocycles. The van der Waals surface area contributed by atoms with E-state index in [-0.39, 0.29) is 12.4 Å². The van der Waals surface area contributed by atoms with Gasteiger partial charge in [-0.1, -0.05) is 55.0 Å². The molecule has 0 fully saturated rings. The van der Waals surface area contributed by atoms with Crippen LogP contribution in [0.1, 0.15) is 42.6 Å². The fraction of sp³-hybridized carbons (Fsp3) is 0.267. The van der Waals surface area contributed by atoms with E-state index in [0.29, 0.717) is 6.42 Å². The van der Waals surface area contributed by atoms with E-state index in [1.54, 1.807) is 6.08 Å². The van der Waals surface area contributed by atoms with Crippen LogP contribution in [0.2, 0.25) is 0 Å². The molecule has 0 saturated carbocycles. The molecule has 0 bridgehead atoms. The number of nitrogens with zero attached hydrogens (tertiary/aromatic N) is 2. The lowest BCUT2D eigenvalue weighted by molar-refractivity contribution is -0.114. The van der Waals surface area contributed by atoms with Crippen molar-refractivity contribution in [2.75, 3.05) is 25.6 Å². The van der Waals surface area contributed by atoms with Gasteiger partial charge in [0.05, 0.1) is 11.0 Å². The largest absolute Gasteiger partial charge is 0.396 e. The summed E-state index contributed by atoms with van der Waals surface area (Å²) in [7, 11) is 4.09. The van der Waals surface area contributed by atoms with E-state index >= 15 is 0 Å². The number of ketones is 1. The van der Waals surface area contributed by atoms with Gasteiger partial charge in [-0.05, 0) is 65.4 Å². The number of carbonyl (C=O) groups excluding carboxylic acids is 1. The average Bonchev–Trinajstić information content (AvgIpc) is 3.28. The minimum atomic E-state index is 0.127. The molecule has 3 aromatic carbocycles. The van der Waals surface area contributed by atoms with Gasteiger partial charge in [0.15, 0.2) is 5.78 Å². The SMILES string of the molecule is CN(C)c1ccc(-c2ccc3nc(Cc4ccc(/C=C/C(=O)CCCCCO)cc4)[nH]c3c2)cc1. The molecule has 0 atom stereocenters. The number of imidazole rings is 1. The van der Waals surface area contributed by atoms with E-state index in [1.807, 2.05) is 32.3 Å². The molecule has 180 valence electrons. The van der Waals surface area contributed by atoms with Crippen LogP contribution < -0.4 is 4.90 Å². The maximum Gasteiger partial charge on any atom is 0.155 e. The van der Waals surface area contributed by atoms with E-state index in [0.717, 1.165) is 59.2 Å². The minimum Gasteiger partial charge on any atom is -0.396 e. The van der Waals surface area contributed by atoms with Gasteiger partial charge in [0.25, 0.3) is 0 Å². The number of unbranched alkanes of at least 4 members (excludes halogenated alkanes) is 2. The number of fused-ring (bicyclic) bond motifs is 1. The molecule has 0 unspecified atom stereocenters. The Hall–Kier alpha value is -3.70. The fourth-order valence-corrected chi connectivity index (χ4v) is 4.08. The third-order valence-electron chi connectivity index (χ3n) is 6.14. The molecule has 0 amide bonds. The number of hydrogen-bond acceptors (Lipinski definition) is 4. The highest BCUT2D eigenvalue weighted by atomic mass is 16.2. The molecular formula is C30H33N3O2. The van der Waals surface area contributed by atoms with Crippen LogP contribution in [0.4, 0.5) is 5.69 Å². The molecule has 0 spiro atoms. The van der Waals surface area contributed by atoms with Gasteiger partial charge in [-0.3, -0.25) is 4.79 Å². The van der Waals surface area contributed by atoms with Crippen molar-refractivity contribution in [3.8, 4) is 11.1 Å². The summed E-state index contributed by atoms with van der Waals surface area (Å²) in [5.74, 6) is 1.06. The normalized spacial score (nSPS) is 11.4. The van der Waals surface area contributed by atoms with Gasteiger partial charge in [0.2, 0.25) is 0 Å². The van der Waals surface area contributed by atoms with Crippen molar-refractivity contribution in [3.63, 3.8) is 0 Å². The van der Waals surface area contributed by atoms with E-state index in [1.165, 1.54) is 11.3 Å². The summed E-state index contributed by atoms with van der Waals surface area (Å²) in [5, 5.41) is 8.81. The van der Waals surface area contributed by atoms with Gasteiger partial charge in [-0.15, -0.1) is 0 Å². The first-order chi connectivity index (χ1) is 17.0. The highest BCUT2D eigenvalue weighted by Gasteiger charge is 2.07. The molecule has 1 aromatic heterocycles. The molecule has 0 aliphatic heterocycles. The molecule has 5 nitrogen and oxygen atoms in total. The lowest BCUT2D eigenvalue weighted by Gasteiger charge is -2.12. The van der Waals surface area contributed by atoms with Crippen LogP contribution in [0.15, 0.2) is 72.8 Å². The minimum absolute atomic E-state index is 0.127. The Balaban J connectivity index is 1.38. The van der Waals surface area contributed by atoms with Crippen molar-refractivity contribution >= 4 is 28.6 Å². The maximum absolute atomic E-state index is 12.0. The number of aromatic nitrogens is 2. The quantitative estimate of drug-likeness (QED) is 0.209. The second-order valence-corrected chi connectivity index (χ2v) is 9.11. The van der Waals surface area contributed by atoms with Gasteiger partial charge in [-0.25, -0.2) is 4.98 Å². The van der Waals surface area contributed by atoms with Crippen molar-refractivity contribution in [3.05, 3.63) is 89.8 Å². The molecular weight excluding hydrogens is 434 g/mol. The predicted octanol–water partition coefficient (Wildman–Crippen LogP) is 6.02. The molecule has 2 N–H and O–H groups in total. The van der Waals surface area contributed by atoms with Crippen molar-refractivity contribution < 1.29 is 9.90 Å². The highest BCUT2D eigenvalue weighted by molar-refractivity contribution is 5.93. The molecule has 5 heteroatoms. The van der Waals surface area contributed by atoms with Crippen LogP contribution >= 0.6 is 0 Å². The number of aromatic amines is 1. The number of H-pyrrole nitrogens is 1. The summed E-state index contributed by atoms with van der Waals surface area (Å²) in [4.78, 5) is 22.3. The molecule has 0 aliphatic carbocycles. The number of benzene rings is 3. The first kappa shape index (κ1) is 24.4. The smallest absolute Gasteiger partial charge is 0.155 e. The van der Waals surface area contributed by atoms with Crippen LogP contribution in [-0.4, -0.2) is 41.6 Å². The van der Waals surface area contributed by atoms with E-state index in [2.05, 4.69) is 64.5 Å². The number of allylic oxidation sites excluding steroid dienone is 1. The topological polar surface area (TPSA) is 69.2 Å². The number of carbonyl (C=O) groups is 1. The number of hydrogen-bond donors (Lipinski definition) is 2. The zero-order valence-electron chi connectivity index (χ0n) is 20.5. The number of anilines is 1. The number of aliphatic hydroxyl groups excluding tert-OH is 1. The monoisotopic (exact) mass is 467 g/mol. The third-order valence-corrected chi connectivity index (χ3v) is 6.14. The van der Waals surface area contributed by atoms with E-state index in [9.17, 15) is 4.79 Å². The van der Waals surface area contributed by atoms with Crippen LogP contribution in [0, 0.1) is 0 Å². The number of nitrogens with one attached hydrogen (secondary N) is 1. The summed E-state index contributed by atoms with van der Waals surface area (Å²) in [6.45, 7) is 0.192.